The van der Waals surface area contributed by atoms with Crippen LogP contribution in [-0.2, 0) is 0 Å². The van der Waals surface area contributed by atoms with Crippen LogP contribution in [0.15, 0.2) is 69.9 Å². The number of hydrogen-bond acceptors (Lipinski definition) is 4. The Balaban J connectivity index is 2.11. The molecule has 0 aliphatic heterocycles. The predicted molar refractivity (Wildman–Crippen MR) is 98.5 cm³/mol. The number of hydrogen-bond donors (Lipinski definition) is 0. The molecule has 4 heteroatoms. The van der Waals surface area contributed by atoms with Crippen molar-refractivity contribution in [3.05, 3.63) is 70.9 Å². The van der Waals surface area contributed by atoms with E-state index in [-0.39, 0.29) is 5.43 Å². The van der Waals surface area contributed by atoms with Crippen LogP contribution in [0.1, 0.15) is 0 Å². The van der Waals surface area contributed by atoms with Crippen molar-refractivity contribution >= 4 is 21.7 Å². The Kier molecular flexibility index (Phi) is 3.65. The smallest absolute Gasteiger partial charge is 0.193 e. The number of para-hydroxylation sites is 1. The Morgan fingerprint density at radius 1 is 0.760 bits per heavy atom. The Morgan fingerprint density at radius 2 is 1.44 bits per heavy atom. The molecule has 4 rings (SSSR count). The molecule has 0 aliphatic carbocycles. The van der Waals surface area contributed by atoms with Crippen molar-refractivity contribution in [1.29, 1.82) is 0 Å². The van der Waals surface area contributed by atoms with E-state index in [2.05, 4.69) is 0 Å². The summed E-state index contributed by atoms with van der Waals surface area (Å²) in [6, 6.07) is 18.4. The van der Waals surface area contributed by atoms with Gasteiger partial charge in [-0.1, -0.05) is 36.4 Å². The Labute approximate surface area is 144 Å². The minimum Gasteiger partial charge on any atom is -0.496 e. The fraction of sp³-hybridized carbons (Fsp3) is 0.0952. The lowest BCUT2D eigenvalue weighted by Crippen LogP contribution is -2.02. The first-order valence-corrected chi connectivity index (χ1v) is 7.90. The average Bonchev–Trinajstić information content (AvgIpc) is 2.67. The van der Waals surface area contributed by atoms with E-state index in [0.29, 0.717) is 28.2 Å². The standard InChI is InChI=1S/C21H16O4/c1-23-18-10-6-5-9-15(18)20-12-17(22)16-11-19(24-2)13-7-3-4-8-14(13)21(16)25-20/h3-12H,1-2H3. The molecule has 0 aliphatic rings. The molecule has 124 valence electrons. The van der Waals surface area contributed by atoms with Crippen molar-refractivity contribution in [1.82, 2.24) is 0 Å². The fourth-order valence-corrected chi connectivity index (χ4v) is 3.09. The van der Waals surface area contributed by atoms with Gasteiger partial charge in [-0.25, -0.2) is 0 Å². The van der Waals surface area contributed by atoms with E-state index in [1.807, 2.05) is 48.5 Å². The first kappa shape index (κ1) is 15.3. The molecule has 0 saturated carbocycles. The summed E-state index contributed by atoms with van der Waals surface area (Å²) in [7, 11) is 3.19. The summed E-state index contributed by atoms with van der Waals surface area (Å²) >= 11 is 0. The summed E-state index contributed by atoms with van der Waals surface area (Å²) in [5, 5.41) is 2.23. The summed E-state index contributed by atoms with van der Waals surface area (Å²) in [6.07, 6.45) is 0. The molecular weight excluding hydrogens is 316 g/mol. The Morgan fingerprint density at radius 3 is 2.20 bits per heavy atom. The highest BCUT2D eigenvalue weighted by Gasteiger charge is 2.15. The largest absolute Gasteiger partial charge is 0.496 e. The molecule has 0 atom stereocenters. The number of benzene rings is 3. The fourth-order valence-electron chi connectivity index (χ4n) is 3.09. The third kappa shape index (κ3) is 2.43. The second-order valence-corrected chi connectivity index (χ2v) is 5.68. The average molecular weight is 332 g/mol. The summed E-state index contributed by atoms with van der Waals surface area (Å²) in [5.74, 6) is 1.79. The van der Waals surface area contributed by atoms with Crippen LogP contribution >= 0.6 is 0 Å². The highest BCUT2D eigenvalue weighted by atomic mass is 16.5. The summed E-state index contributed by atoms with van der Waals surface area (Å²) in [6.45, 7) is 0. The molecule has 1 aromatic heterocycles. The van der Waals surface area contributed by atoms with E-state index in [4.69, 9.17) is 13.9 Å². The van der Waals surface area contributed by atoms with Crippen LogP contribution in [0.3, 0.4) is 0 Å². The molecule has 0 bridgehead atoms. The third-order valence-corrected chi connectivity index (χ3v) is 4.29. The maximum atomic E-state index is 12.7. The molecule has 1 heterocycles. The van der Waals surface area contributed by atoms with E-state index in [1.54, 1.807) is 20.3 Å². The Hall–Kier alpha value is -3.27. The van der Waals surface area contributed by atoms with Crippen molar-refractivity contribution in [3.63, 3.8) is 0 Å². The van der Waals surface area contributed by atoms with Crippen LogP contribution in [-0.4, -0.2) is 14.2 Å². The van der Waals surface area contributed by atoms with Gasteiger partial charge >= 0.3 is 0 Å². The van der Waals surface area contributed by atoms with Crippen LogP contribution in [0, 0.1) is 0 Å². The second-order valence-electron chi connectivity index (χ2n) is 5.68. The number of methoxy groups -OCH3 is 2. The predicted octanol–water partition coefficient (Wildman–Crippen LogP) is 4.63. The molecular formula is C21H16O4. The van der Waals surface area contributed by atoms with Crippen molar-refractivity contribution in [3.8, 4) is 22.8 Å². The van der Waals surface area contributed by atoms with Crippen LogP contribution in [0.4, 0.5) is 0 Å². The quantitative estimate of drug-likeness (QED) is 0.513. The molecule has 25 heavy (non-hydrogen) atoms. The lowest BCUT2D eigenvalue weighted by Gasteiger charge is -2.11. The van der Waals surface area contributed by atoms with Crippen LogP contribution < -0.4 is 14.9 Å². The van der Waals surface area contributed by atoms with Crippen molar-refractivity contribution in [2.75, 3.05) is 14.2 Å². The Bertz CT molecular complexity index is 1140. The van der Waals surface area contributed by atoms with Gasteiger partial charge in [-0.3, -0.25) is 4.79 Å². The van der Waals surface area contributed by atoms with Gasteiger partial charge in [0.2, 0.25) is 0 Å². The van der Waals surface area contributed by atoms with E-state index in [0.717, 1.165) is 16.3 Å². The van der Waals surface area contributed by atoms with Crippen LogP contribution in [0.25, 0.3) is 33.1 Å². The van der Waals surface area contributed by atoms with E-state index in [1.165, 1.54) is 6.07 Å². The molecule has 3 aromatic carbocycles. The second kappa shape index (κ2) is 5.98. The molecule has 4 nitrogen and oxygen atoms in total. The molecule has 0 fully saturated rings. The van der Waals surface area contributed by atoms with Gasteiger partial charge in [-0.2, -0.15) is 0 Å². The zero-order valence-corrected chi connectivity index (χ0v) is 13.9. The van der Waals surface area contributed by atoms with E-state index < -0.39 is 0 Å². The first-order valence-electron chi connectivity index (χ1n) is 7.90. The zero-order valence-electron chi connectivity index (χ0n) is 13.9. The normalized spacial score (nSPS) is 11.0. The molecule has 0 N–H and O–H groups in total. The van der Waals surface area contributed by atoms with Gasteiger partial charge in [-0.05, 0) is 18.2 Å². The molecule has 0 spiro atoms. The van der Waals surface area contributed by atoms with Gasteiger partial charge in [0.15, 0.2) is 5.43 Å². The highest BCUT2D eigenvalue weighted by Crippen LogP contribution is 2.35. The summed E-state index contributed by atoms with van der Waals surface area (Å²) in [5.41, 5.74) is 1.17. The van der Waals surface area contributed by atoms with Gasteiger partial charge in [0, 0.05) is 16.8 Å². The maximum absolute atomic E-state index is 12.7. The highest BCUT2D eigenvalue weighted by molar-refractivity contribution is 6.07. The van der Waals surface area contributed by atoms with Gasteiger partial charge in [0.05, 0.1) is 25.2 Å². The molecule has 4 aromatic rings. The molecule has 0 saturated heterocycles. The lowest BCUT2D eigenvalue weighted by molar-refractivity contribution is 0.415. The third-order valence-electron chi connectivity index (χ3n) is 4.29. The zero-order chi connectivity index (χ0) is 17.4. The van der Waals surface area contributed by atoms with Gasteiger partial charge in [0.25, 0.3) is 0 Å². The maximum Gasteiger partial charge on any atom is 0.193 e. The minimum atomic E-state index is -0.119. The number of ether oxygens (including phenoxy) is 2. The van der Waals surface area contributed by atoms with E-state index in [9.17, 15) is 4.79 Å². The first-order chi connectivity index (χ1) is 12.2. The molecule has 0 unspecified atom stereocenters. The SMILES string of the molecule is COc1ccccc1-c1cc(=O)c2cc(OC)c3ccccc3c2o1. The monoisotopic (exact) mass is 332 g/mol. The number of fused-ring (bicyclic) bond motifs is 3. The van der Waals surface area contributed by atoms with Crippen LogP contribution in [0.2, 0.25) is 0 Å². The van der Waals surface area contributed by atoms with E-state index >= 15 is 0 Å². The summed E-state index contributed by atoms with van der Waals surface area (Å²) in [4.78, 5) is 12.7. The number of rotatable bonds is 3. The van der Waals surface area contributed by atoms with Crippen LogP contribution in [0.5, 0.6) is 11.5 Å². The minimum absolute atomic E-state index is 0.119. The topological polar surface area (TPSA) is 48.7 Å². The molecule has 0 amide bonds. The lowest BCUT2D eigenvalue weighted by atomic mass is 10.0. The van der Waals surface area contributed by atoms with Crippen molar-refractivity contribution in [2.24, 2.45) is 0 Å². The van der Waals surface area contributed by atoms with Gasteiger partial charge < -0.3 is 13.9 Å². The summed E-state index contributed by atoms with van der Waals surface area (Å²) < 4.78 is 17.0. The van der Waals surface area contributed by atoms with Gasteiger partial charge in [0.1, 0.15) is 22.8 Å². The van der Waals surface area contributed by atoms with Crippen molar-refractivity contribution in [2.45, 2.75) is 0 Å². The molecule has 0 radical (unpaired) electrons. The van der Waals surface area contributed by atoms with Crippen molar-refractivity contribution < 1.29 is 13.9 Å². The van der Waals surface area contributed by atoms with Gasteiger partial charge in [-0.15, -0.1) is 0 Å².